The minimum Gasteiger partial charge on any atom is -0.493 e. The van der Waals surface area contributed by atoms with Crippen molar-refractivity contribution in [1.82, 2.24) is 5.32 Å². The minimum absolute atomic E-state index is 0. The Bertz CT molecular complexity index is 642. The summed E-state index contributed by atoms with van der Waals surface area (Å²) in [5, 5.41) is 2.94. The summed E-state index contributed by atoms with van der Waals surface area (Å²) in [7, 11) is 0. The van der Waals surface area contributed by atoms with Crippen LogP contribution < -0.4 is 15.8 Å². The van der Waals surface area contributed by atoms with E-state index in [-0.39, 0.29) is 18.3 Å². The highest BCUT2D eigenvalue weighted by molar-refractivity contribution is 5.85. The SMILES string of the molecule is CC(C)COc1ccccc1CNC(=O)Cc1ccc(N)cc1.Cl. The van der Waals surface area contributed by atoms with Crippen LogP contribution in [-0.2, 0) is 17.8 Å². The van der Waals surface area contributed by atoms with Gasteiger partial charge in [0.25, 0.3) is 0 Å². The molecule has 0 aliphatic rings. The quantitative estimate of drug-likeness (QED) is 0.751. The molecule has 2 aromatic carbocycles. The van der Waals surface area contributed by atoms with Crippen molar-refractivity contribution >= 4 is 24.0 Å². The lowest BCUT2D eigenvalue weighted by Crippen LogP contribution is -2.25. The molecule has 0 aliphatic heterocycles. The molecular formula is C19H25ClN2O2. The summed E-state index contributed by atoms with van der Waals surface area (Å²) in [5.74, 6) is 1.27. The molecule has 0 fully saturated rings. The van der Waals surface area contributed by atoms with Crippen molar-refractivity contribution in [2.75, 3.05) is 12.3 Å². The Balaban J connectivity index is 0.00000288. The average molecular weight is 349 g/mol. The van der Waals surface area contributed by atoms with Crippen molar-refractivity contribution in [3.63, 3.8) is 0 Å². The van der Waals surface area contributed by atoms with E-state index in [1.54, 1.807) is 12.1 Å². The summed E-state index contributed by atoms with van der Waals surface area (Å²) in [6, 6.07) is 15.1. The van der Waals surface area contributed by atoms with Crippen LogP contribution in [0.1, 0.15) is 25.0 Å². The smallest absolute Gasteiger partial charge is 0.224 e. The van der Waals surface area contributed by atoms with E-state index < -0.39 is 0 Å². The Morgan fingerprint density at radius 3 is 2.46 bits per heavy atom. The maximum absolute atomic E-state index is 12.1. The second-order valence-corrected chi connectivity index (χ2v) is 6.01. The van der Waals surface area contributed by atoms with Gasteiger partial charge in [0, 0.05) is 17.8 Å². The number of amides is 1. The summed E-state index contributed by atoms with van der Waals surface area (Å²) in [4.78, 5) is 12.1. The molecule has 3 N–H and O–H groups in total. The van der Waals surface area contributed by atoms with Crippen LogP contribution in [0.5, 0.6) is 5.75 Å². The molecule has 0 aliphatic carbocycles. The molecule has 1 amide bonds. The van der Waals surface area contributed by atoms with E-state index in [0.29, 0.717) is 31.2 Å². The highest BCUT2D eigenvalue weighted by Crippen LogP contribution is 2.18. The van der Waals surface area contributed by atoms with Crippen LogP contribution in [-0.4, -0.2) is 12.5 Å². The number of benzene rings is 2. The predicted octanol–water partition coefficient (Wildman–Crippen LogP) is 3.58. The molecule has 0 saturated carbocycles. The van der Waals surface area contributed by atoms with E-state index >= 15 is 0 Å². The Morgan fingerprint density at radius 1 is 1.12 bits per heavy atom. The van der Waals surface area contributed by atoms with Gasteiger partial charge in [0.15, 0.2) is 0 Å². The van der Waals surface area contributed by atoms with Crippen LogP contribution in [0.3, 0.4) is 0 Å². The zero-order chi connectivity index (χ0) is 16.7. The second kappa shape index (κ2) is 9.83. The summed E-state index contributed by atoms with van der Waals surface area (Å²) in [5.41, 5.74) is 8.27. The Labute approximate surface area is 149 Å². The summed E-state index contributed by atoms with van der Waals surface area (Å²) < 4.78 is 5.80. The number of nitrogens with two attached hydrogens (primary N) is 1. The number of anilines is 1. The molecule has 0 saturated heterocycles. The van der Waals surface area contributed by atoms with Crippen LogP contribution in [0.15, 0.2) is 48.5 Å². The third kappa shape index (κ3) is 6.50. The zero-order valence-electron chi connectivity index (χ0n) is 14.1. The molecule has 2 rings (SSSR count). The van der Waals surface area contributed by atoms with Gasteiger partial charge < -0.3 is 15.8 Å². The van der Waals surface area contributed by atoms with Gasteiger partial charge in [-0.3, -0.25) is 4.79 Å². The van der Waals surface area contributed by atoms with Crippen molar-refractivity contribution in [3.05, 3.63) is 59.7 Å². The van der Waals surface area contributed by atoms with Gasteiger partial charge in [-0.1, -0.05) is 44.2 Å². The molecule has 0 spiro atoms. The third-order valence-corrected chi connectivity index (χ3v) is 3.37. The fourth-order valence-electron chi connectivity index (χ4n) is 2.12. The molecule has 0 atom stereocenters. The maximum Gasteiger partial charge on any atom is 0.224 e. The molecular weight excluding hydrogens is 324 g/mol. The molecule has 4 nitrogen and oxygen atoms in total. The fourth-order valence-corrected chi connectivity index (χ4v) is 2.12. The standard InChI is InChI=1S/C19H24N2O2.ClH/c1-14(2)13-23-18-6-4-3-5-16(18)12-21-19(22)11-15-7-9-17(20)10-8-15;/h3-10,14H,11-13,20H2,1-2H3,(H,21,22);1H. The van der Waals surface area contributed by atoms with Crippen LogP contribution in [0.4, 0.5) is 5.69 Å². The monoisotopic (exact) mass is 348 g/mol. The molecule has 24 heavy (non-hydrogen) atoms. The molecule has 5 heteroatoms. The Hall–Kier alpha value is -2.20. The number of ether oxygens (including phenoxy) is 1. The van der Waals surface area contributed by atoms with Crippen LogP contribution in [0.25, 0.3) is 0 Å². The van der Waals surface area contributed by atoms with E-state index in [1.807, 2.05) is 36.4 Å². The Morgan fingerprint density at radius 2 is 1.79 bits per heavy atom. The number of halogens is 1. The largest absolute Gasteiger partial charge is 0.493 e. The minimum atomic E-state index is -0.0200. The number of carbonyl (C=O) groups is 1. The summed E-state index contributed by atoms with van der Waals surface area (Å²) in [6.45, 7) is 5.34. The number of nitrogen functional groups attached to an aromatic ring is 1. The highest BCUT2D eigenvalue weighted by atomic mass is 35.5. The number of carbonyl (C=O) groups excluding carboxylic acids is 1. The maximum atomic E-state index is 12.1. The van der Waals surface area contributed by atoms with Gasteiger partial charge in [-0.05, 0) is 29.7 Å². The first-order valence-electron chi connectivity index (χ1n) is 7.86. The van der Waals surface area contributed by atoms with Crippen molar-refractivity contribution in [2.24, 2.45) is 5.92 Å². The molecule has 2 aromatic rings. The van der Waals surface area contributed by atoms with Gasteiger partial charge in [-0.2, -0.15) is 0 Å². The lowest BCUT2D eigenvalue weighted by Gasteiger charge is -2.13. The highest BCUT2D eigenvalue weighted by Gasteiger charge is 2.07. The van der Waals surface area contributed by atoms with Gasteiger partial charge in [0.2, 0.25) is 5.91 Å². The van der Waals surface area contributed by atoms with Crippen LogP contribution in [0, 0.1) is 5.92 Å². The van der Waals surface area contributed by atoms with E-state index in [9.17, 15) is 4.79 Å². The first-order valence-corrected chi connectivity index (χ1v) is 7.86. The van der Waals surface area contributed by atoms with Gasteiger partial charge >= 0.3 is 0 Å². The lowest BCUT2D eigenvalue weighted by molar-refractivity contribution is -0.120. The number of rotatable bonds is 7. The molecule has 0 aromatic heterocycles. The van der Waals surface area contributed by atoms with Gasteiger partial charge in [-0.15, -0.1) is 12.4 Å². The van der Waals surface area contributed by atoms with E-state index in [2.05, 4.69) is 19.2 Å². The van der Waals surface area contributed by atoms with E-state index in [0.717, 1.165) is 16.9 Å². The normalized spacial score (nSPS) is 10.1. The summed E-state index contributed by atoms with van der Waals surface area (Å²) >= 11 is 0. The van der Waals surface area contributed by atoms with Crippen LogP contribution in [0.2, 0.25) is 0 Å². The van der Waals surface area contributed by atoms with Crippen LogP contribution >= 0.6 is 12.4 Å². The first kappa shape index (κ1) is 19.8. The lowest BCUT2D eigenvalue weighted by atomic mass is 10.1. The van der Waals surface area contributed by atoms with E-state index in [1.165, 1.54) is 0 Å². The third-order valence-electron chi connectivity index (χ3n) is 3.37. The average Bonchev–Trinajstić information content (AvgIpc) is 2.54. The van der Waals surface area contributed by atoms with Crippen molar-refractivity contribution < 1.29 is 9.53 Å². The molecule has 0 radical (unpaired) electrons. The second-order valence-electron chi connectivity index (χ2n) is 6.01. The summed E-state index contributed by atoms with van der Waals surface area (Å²) in [6.07, 6.45) is 0.343. The van der Waals surface area contributed by atoms with Gasteiger partial charge in [0.05, 0.1) is 13.0 Å². The first-order chi connectivity index (χ1) is 11.0. The van der Waals surface area contributed by atoms with E-state index in [4.69, 9.17) is 10.5 Å². The molecule has 130 valence electrons. The number of para-hydroxylation sites is 1. The number of hydrogen-bond acceptors (Lipinski definition) is 3. The van der Waals surface area contributed by atoms with Crippen molar-refractivity contribution in [2.45, 2.75) is 26.8 Å². The predicted molar refractivity (Wildman–Crippen MR) is 100 cm³/mol. The zero-order valence-corrected chi connectivity index (χ0v) is 14.9. The number of nitrogens with one attached hydrogen (secondary N) is 1. The fraction of sp³-hybridized carbons (Fsp3) is 0.316. The molecule has 0 bridgehead atoms. The molecule has 0 heterocycles. The van der Waals surface area contributed by atoms with Crippen molar-refractivity contribution in [1.29, 1.82) is 0 Å². The van der Waals surface area contributed by atoms with Crippen molar-refractivity contribution in [3.8, 4) is 5.75 Å². The molecule has 0 unspecified atom stereocenters. The number of hydrogen-bond donors (Lipinski definition) is 2. The van der Waals surface area contributed by atoms with Gasteiger partial charge in [0.1, 0.15) is 5.75 Å². The van der Waals surface area contributed by atoms with Gasteiger partial charge in [-0.25, -0.2) is 0 Å². The topological polar surface area (TPSA) is 64.3 Å². The Kier molecular flexibility index (Phi) is 8.13.